The van der Waals surface area contributed by atoms with Crippen molar-refractivity contribution < 1.29 is 0 Å². The van der Waals surface area contributed by atoms with Gasteiger partial charge in [-0.05, 0) is 77.8 Å². The third kappa shape index (κ3) is 3.82. The Balaban J connectivity index is 1.29. The highest BCUT2D eigenvalue weighted by atomic mass is 32.1. The van der Waals surface area contributed by atoms with Crippen molar-refractivity contribution in [2.75, 3.05) is 0 Å². The van der Waals surface area contributed by atoms with Gasteiger partial charge in [-0.3, -0.25) is 0 Å². The first-order valence-electron chi connectivity index (χ1n) is 14.8. The van der Waals surface area contributed by atoms with Crippen LogP contribution in [-0.4, -0.2) is 0 Å². The summed E-state index contributed by atoms with van der Waals surface area (Å²) >= 11 is 1.90. The van der Waals surface area contributed by atoms with Gasteiger partial charge in [0, 0.05) is 20.2 Å². The molecule has 0 aliphatic carbocycles. The highest BCUT2D eigenvalue weighted by Gasteiger charge is 2.18. The van der Waals surface area contributed by atoms with E-state index in [4.69, 9.17) is 0 Å². The van der Waals surface area contributed by atoms with Crippen molar-refractivity contribution in [1.82, 2.24) is 0 Å². The molecular weight excluding hydrogens is 537 g/mol. The van der Waals surface area contributed by atoms with Crippen LogP contribution in [0.1, 0.15) is 0 Å². The van der Waals surface area contributed by atoms with Crippen molar-refractivity contribution >= 4 is 63.8 Å². The molecule has 0 radical (unpaired) electrons. The molecule has 0 fully saturated rings. The smallest absolute Gasteiger partial charge is 0.0433 e. The molecule has 0 saturated carbocycles. The molecule has 0 unspecified atom stereocenters. The van der Waals surface area contributed by atoms with Crippen LogP contribution < -0.4 is 0 Å². The van der Waals surface area contributed by atoms with Crippen LogP contribution >= 0.6 is 11.3 Å². The van der Waals surface area contributed by atoms with E-state index in [-0.39, 0.29) is 0 Å². The van der Waals surface area contributed by atoms with Crippen LogP contribution in [0, 0.1) is 0 Å². The molecule has 0 bridgehead atoms. The number of benzene rings is 8. The van der Waals surface area contributed by atoms with E-state index >= 15 is 0 Å². The van der Waals surface area contributed by atoms with E-state index in [0.29, 0.717) is 0 Å². The summed E-state index contributed by atoms with van der Waals surface area (Å²) in [5.41, 5.74) is 7.58. The molecule has 9 aromatic rings. The van der Waals surface area contributed by atoms with Crippen molar-refractivity contribution in [1.29, 1.82) is 0 Å². The Morgan fingerprint density at radius 2 is 0.814 bits per heavy atom. The molecule has 0 atom stereocenters. The Morgan fingerprint density at radius 1 is 0.302 bits per heavy atom. The minimum Gasteiger partial charge on any atom is -0.135 e. The Hall–Kier alpha value is -5.24. The lowest BCUT2D eigenvalue weighted by atomic mass is 9.85. The Labute approximate surface area is 254 Å². The SMILES string of the molecule is c1ccc(-c2ccc(-c3c4ccccc4c(-c4ccc5sc6c7ccccc7ccc6c5c4)c4ccccc34)cc2)cc1. The average molecular weight is 563 g/mol. The molecule has 9 rings (SSSR count). The largest absolute Gasteiger partial charge is 0.135 e. The normalized spacial score (nSPS) is 11.7. The summed E-state index contributed by atoms with van der Waals surface area (Å²) in [6.45, 7) is 0. The molecule has 0 nitrogen and oxygen atoms in total. The van der Waals surface area contributed by atoms with Crippen molar-refractivity contribution in [2.24, 2.45) is 0 Å². The maximum atomic E-state index is 2.42. The second kappa shape index (κ2) is 9.66. The minimum atomic E-state index is 1.23. The standard InChI is InChI=1S/C42H26S/c1-2-10-27(11-3-1)28-18-20-30(21-19-28)40-33-14-6-8-16-35(33)41(36-17-9-7-15-34(36)40)31-23-25-39-38(26-31)37-24-22-29-12-4-5-13-32(29)42(37)43-39/h1-26H. The zero-order valence-corrected chi connectivity index (χ0v) is 24.2. The third-order valence-corrected chi connectivity index (χ3v) is 10.1. The van der Waals surface area contributed by atoms with Gasteiger partial charge in [0.15, 0.2) is 0 Å². The molecule has 0 aliphatic heterocycles. The van der Waals surface area contributed by atoms with Gasteiger partial charge in [0.05, 0.1) is 0 Å². The zero-order chi connectivity index (χ0) is 28.3. The van der Waals surface area contributed by atoms with Gasteiger partial charge in [0.1, 0.15) is 0 Å². The second-order valence-electron chi connectivity index (χ2n) is 11.3. The highest BCUT2D eigenvalue weighted by Crippen LogP contribution is 2.46. The highest BCUT2D eigenvalue weighted by molar-refractivity contribution is 7.26. The Kier molecular flexibility index (Phi) is 5.47. The van der Waals surface area contributed by atoms with Gasteiger partial charge < -0.3 is 0 Å². The van der Waals surface area contributed by atoms with Gasteiger partial charge in [-0.1, -0.05) is 146 Å². The third-order valence-electron chi connectivity index (χ3n) is 8.86. The topological polar surface area (TPSA) is 0 Å². The van der Waals surface area contributed by atoms with Gasteiger partial charge in [-0.2, -0.15) is 0 Å². The predicted octanol–water partition coefficient (Wildman–Crippen LogP) is 12.5. The van der Waals surface area contributed by atoms with Crippen LogP contribution in [0.15, 0.2) is 158 Å². The molecule has 8 aromatic carbocycles. The van der Waals surface area contributed by atoms with E-state index in [1.165, 1.54) is 85.9 Å². The van der Waals surface area contributed by atoms with E-state index in [2.05, 4.69) is 158 Å². The first-order chi connectivity index (χ1) is 21.3. The molecule has 200 valence electrons. The molecular formula is C42H26S. The second-order valence-corrected chi connectivity index (χ2v) is 12.3. The van der Waals surface area contributed by atoms with Crippen LogP contribution in [0.4, 0.5) is 0 Å². The number of hydrogen-bond acceptors (Lipinski definition) is 1. The molecule has 1 aromatic heterocycles. The fraction of sp³-hybridized carbons (Fsp3) is 0. The lowest BCUT2D eigenvalue weighted by Crippen LogP contribution is -1.91. The number of rotatable bonds is 3. The van der Waals surface area contributed by atoms with Gasteiger partial charge in [0.2, 0.25) is 0 Å². The van der Waals surface area contributed by atoms with Gasteiger partial charge in [-0.15, -0.1) is 11.3 Å². The maximum Gasteiger partial charge on any atom is 0.0433 e. The molecule has 0 N–H and O–H groups in total. The lowest BCUT2D eigenvalue weighted by Gasteiger charge is -2.18. The van der Waals surface area contributed by atoms with Gasteiger partial charge in [-0.25, -0.2) is 0 Å². The molecule has 0 amide bonds. The van der Waals surface area contributed by atoms with E-state index in [0.717, 1.165) is 0 Å². The van der Waals surface area contributed by atoms with E-state index in [1.807, 2.05) is 11.3 Å². The van der Waals surface area contributed by atoms with E-state index in [1.54, 1.807) is 0 Å². The van der Waals surface area contributed by atoms with Crippen LogP contribution in [0.5, 0.6) is 0 Å². The summed E-state index contributed by atoms with van der Waals surface area (Å²) in [5, 5.41) is 10.4. The molecule has 1 heterocycles. The van der Waals surface area contributed by atoms with Crippen LogP contribution in [0.25, 0.3) is 85.9 Å². The van der Waals surface area contributed by atoms with Crippen LogP contribution in [0.2, 0.25) is 0 Å². The Bertz CT molecular complexity index is 2420. The van der Waals surface area contributed by atoms with Crippen LogP contribution in [0.3, 0.4) is 0 Å². The fourth-order valence-corrected chi connectivity index (χ4v) is 8.09. The number of hydrogen-bond donors (Lipinski definition) is 0. The van der Waals surface area contributed by atoms with Crippen molar-refractivity contribution in [3.63, 3.8) is 0 Å². The predicted molar refractivity (Wildman–Crippen MR) is 188 cm³/mol. The van der Waals surface area contributed by atoms with E-state index < -0.39 is 0 Å². The number of thiophene rings is 1. The summed E-state index contributed by atoms with van der Waals surface area (Å²) in [7, 11) is 0. The fourth-order valence-electron chi connectivity index (χ4n) is 6.87. The Morgan fingerprint density at radius 3 is 1.49 bits per heavy atom. The monoisotopic (exact) mass is 562 g/mol. The molecule has 43 heavy (non-hydrogen) atoms. The van der Waals surface area contributed by atoms with Crippen molar-refractivity contribution in [2.45, 2.75) is 0 Å². The first kappa shape index (κ1) is 24.4. The average Bonchev–Trinajstić information content (AvgIpc) is 3.46. The van der Waals surface area contributed by atoms with Crippen LogP contribution in [-0.2, 0) is 0 Å². The number of fused-ring (bicyclic) bond motifs is 7. The van der Waals surface area contributed by atoms with E-state index in [9.17, 15) is 0 Å². The maximum absolute atomic E-state index is 2.42. The molecule has 1 heteroatoms. The summed E-state index contributed by atoms with van der Waals surface area (Å²) in [5.74, 6) is 0. The summed E-state index contributed by atoms with van der Waals surface area (Å²) in [4.78, 5) is 0. The molecule has 0 spiro atoms. The molecule has 0 aliphatic rings. The summed E-state index contributed by atoms with van der Waals surface area (Å²) < 4.78 is 2.70. The summed E-state index contributed by atoms with van der Waals surface area (Å²) in [6, 6.07) is 57.9. The first-order valence-corrected chi connectivity index (χ1v) is 15.6. The van der Waals surface area contributed by atoms with Crippen molar-refractivity contribution in [3.8, 4) is 33.4 Å². The zero-order valence-electron chi connectivity index (χ0n) is 23.4. The van der Waals surface area contributed by atoms with Gasteiger partial charge in [0.25, 0.3) is 0 Å². The van der Waals surface area contributed by atoms with Crippen molar-refractivity contribution in [3.05, 3.63) is 158 Å². The quantitative estimate of drug-likeness (QED) is 0.188. The minimum absolute atomic E-state index is 1.23. The molecule has 0 saturated heterocycles. The lowest BCUT2D eigenvalue weighted by molar-refractivity contribution is 1.61. The van der Waals surface area contributed by atoms with Gasteiger partial charge >= 0.3 is 0 Å². The summed E-state index contributed by atoms with van der Waals surface area (Å²) in [6.07, 6.45) is 0.